The third-order valence-corrected chi connectivity index (χ3v) is 4.35. The highest BCUT2D eigenvalue weighted by molar-refractivity contribution is 6.09. The number of ether oxygens (including phenoxy) is 2. The van der Waals surface area contributed by atoms with Gasteiger partial charge in [0.25, 0.3) is 5.91 Å². The normalized spacial score (nSPS) is 10.3. The first kappa shape index (κ1) is 19.8. The van der Waals surface area contributed by atoms with E-state index < -0.39 is 17.8 Å². The van der Waals surface area contributed by atoms with Gasteiger partial charge in [-0.1, -0.05) is 18.2 Å². The number of aromatic nitrogens is 2. The van der Waals surface area contributed by atoms with Gasteiger partial charge in [-0.05, 0) is 37.3 Å². The maximum absolute atomic E-state index is 12.9. The molecule has 0 fully saturated rings. The summed E-state index contributed by atoms with van der Waals surface area (Å²) in [6, 6.07) is 13.6. The van der Waals surface area contributed by atoms with Gasteiger partial charge >= 0.3 is 11.9 Å². The fraction of sp³-hybridized carbons (Fsp3) is 0.143. The number of nitrogens with one attached hydrogen (secondary N) is 1. The predicted molar refractivity (Wildman–Crippen MR) is 105 cm³/mol. The molecule has 8 heteroatoms. The quantitative estimate of drug-likeness (QED) is 0.669. The van der Waals surface area contributed by atoms with Crippen molar-refractivity contribution in [2.75, 3.05) is 19.5 Å². The Kier molecular flexibility index (Phi) is 5.73. The van der Waals surface area contributed by atoms with Crippen LogP contribution in [0, 0.1) is 6.92 Å². The van der Waals surface area contributed by atoms with Gasteiger partial charge in [-0.3, -0.25) is 4.79 Å². The summed E-state index contributed by atoms with van der Waals surface area (Å²) >= 11 is 0. The van der Waals surface area contributed by atoms with Gasteiger partial charge in [0, 0.05) is 0 Å². The van der Waals surface area contributed by atoms with E-state index in [1.165, 1.54) is 38.6 Å². The Morgan fingerprint density at radius 3 is 2.28 bits per heavy atom. The van der Waals surface area contributed by atoms with Crippen LogP contribution in [0.25, 0.3) is 5.69 Å². The fourth-order valence-corrected chi connectivity index (χ4v) is 2.83. The molecule has 3 aromatic rings. The molecule has 0 aliphatic carbocycles. The lowest BCUT2D eigenvalue weighted by Crippen LogP contribution is -2.17. The topological polar surface area (TPSA) is 99.5 Å². The van der Waals surface area contributed by atoms with Crippen LogP contribution in [0.1, 0.15) is 36.8 Å². The van der Waals surface area contributed by atoms with Crippen LogP contribution in [0.5, 0.6) is 0 Å². The molecular weight excluding hydrogens is 374 g/mol. The Labute approximate surface area is 167 Å². The molecule has 0 aliphatic heterocycles. The van der Waals surface area contributed by atoms with Crippen molar-refractivity contribution in [1.29, 1.82) is 0 Å². The van der Waals surface area contributed by atoms with E-state index in [1.54, 1.807) is 11.6 Å². The highest BCUT2D eigenvalue weighted by Gasteiger charge is 2.20. The molecule has 0 spiro atoms. The van der Waals surface area contributed by atoms with Crippen LogP contribution < -0.4 is 5.32 Å². The number of rotatable bonds is 5. The summed E-state index contributed by atoms with van der Waals surface area (Å²) in [5, 5.41) is 6.94. The van der Waals surface area contributed by atoms with E-state index in [0.29, 0.717) is 11.3 Å². The number of nitrogens with zero attached hydrogens (tertiary/aromatic N) is 2. The van der Waals surface area contributed by atoms with E-state index in [9.17, 15) is 14.4 Å². The van der Waals surface area contributed by atoms with Gasteiger partial charge in [0.05, 0.1) is 54.2 Å². The molecule has 1 N–H and O–H groups in total. The lowest BCUT2D eigenvalue weighted by Gasteiger charge is -2.11. The molecule has 3 rings (SSSR count). The first-order valence-corrected chi connectivity index (χ1v) is 8.68. The van der Waals surface area contributed by atoms with Crippen LogP contribution in [0.4, 0.5) is 5.69 Å². The van der Waals surface area contributed by atoms with Gasteiger partial charge in [-0.2, -0.15) is 5.10 Å². The average molecular weight is 393 g/mol. The number of para-hydroxylation sites is 1. The summed E-state index contributed by atoms with van der Waals surface area (Å²) in [5.74, 6) is -1.71. The molecule has 1 aromatic heterocycles. The van der Waals surface area contributed by atoms with Crippen LogP contribution >= 0.6 is 0 Å². The molecule has 0 saturated heterocycles. The van der Waals surface area contributed by atoms with Crippen molar-refractivity contribution >= 4 is 23.5 Å². The largest absolute Gasteiger partial charge is 0.465 e. The molecule has 8 nitrogen and oxygen atoms in total. The van der Waals surface area contributed by atoms with Crippen molar-refractivity contribution in [3.63, 3.8) is 0 Å². The summed E-state index contributed by atoms with van der Waals surface area (Å²) in [6.45, 7) is 1.76. The molecule has 148 valence electrons. The molecular formula is C21H19N3O5. The molecule has 0 bridgehead atoms. The number of carbonyl (C=O) groups excluding carboxylic acids is 3. The summed E-state index contributed by atoms with van der Waals surface area (Å²) < 4.78 is 11.1. The molecule has 1 amide bonds. The first-order valence-electron chi connectivity index (χ1n) is 8.68. The Balaban J connectivity index is 1.95. The monoisotopic (exact) mass is 393 g/mol. The molecule has 0 unspecified atom stereocenters. The second-order valence-electron chi connectivity index (χ2n) is 6.09. The fourth-order valence-electron chi connectivity index (χ4n) is 2.83. The first-order chi connectivity index (χ1) is 14.0. The minimum Gasteiger partial charge on any atom is -0.465 e. The van der Waals surface area contributed by atoms with Crippen LogP contribution in [0.15, 0.2) is 54.7 Å². The smallest absolute Gasteiger partial charge is 0.339 e. The van der Waals surface area contributed by atoms with Crippen molar-refractivity contribution in [1.82, 2.24) is 9.78 Å². The van der Waals surface area contributed by atoms with Crippen LogP contribution in [-0.2, 0) is 9.47 Å². The molecule has 29 heavy (non-hydrogen) atoms. The standard InChI is InChI=1S/C21H19N3O5/c1-13-17(12-22-24(13)15-7-5-4-6-8-15)19(25)23-18-11-14(20(26)28-2)9-10-16(18)21(27)29-3/h4-12H,1-3H3,(H,23,25). The lowest BCUT2D eigenvalue weighted by molar-refractivity contribution is 0.0587. The second kappa shape index (κ2) is 8.39. The van der Waals surface area contributed by atoms with Crippen molar-refractivity contribution in [2.45, 2.75) is 6.92 Å². The van der Waals surface area contributed by atoms with E-state index in [4.69, 9.17) is 9.47 Å². The summed E-state index contributed by atoms with van der Waals surface area (Å²) in [6.07, 6.45) is 1.44. The second-order valence-corrected chi connectivity index (χ2v) is 6.09. The van der Waals surface area contributed by atoms with Crippen LogP contribution in [0.2, 0.25) is 0 Å². The lowest BCUT2D eigenvalue weighted by atomic mass is 10.1. The summed E-state index contributed by atoms with van der Waals surface area (Å²) in [7, 11) is 2.48. The van der Waals surface area contributed by atoms with E-state index >= 15 is 0 Å². The summed E-state index contributed by atoms with van der Waals surface area (Å²) in [4.78, 5) is 36.7. The van der Waals surface area contributed by atoms with E-state index in [1.807, 2.05) is 30.3 Å². The minimum absolute atomic E-state index is 0.113. The molecule has 0 atom stereocenters. The Hall–Kier alpha value is -3.94. The number of hydrogen-bond donors (Lipinski definition) is 1. The van der Waals surface area contributed by atoms with Crippen LogP contribution in [-0.4, -0.2) is 41.8 Å². The van der Waals surface area contributed by atoms with Gasteiger partial charge in [-0.25, -0.2) is 14.3 Å². The van der Waals surface area contributed by atoms with Crippen molar-refractivity contribution in [3.8, 4) is 5.69 Å². The third-order valence-electron chi connectivity index (χ3n) is 4.35. The minimum atomic E-state index is -0.645. The van der Waals surface area contributed by atoms with Crippen LogP contribution in [0.3, 0.4) is 0 Å². The van der Waals surface area contributed by atoms with Gasteiger partial charge in [0.2, 0.25) is 0 Å². The van der Waals surface area contributed by atoms with Crippen molar-refractivity contribution in [3.05, 3.63) is 77.1 Å². The predicted octanol–water partition coefficient (Wildman–Crippen LogP) is 3.01. The number of esters is 2. The third kappa shape index (κ3) is 4.01. The average Bonchev–Trinajstić information content (AvgIpc) is 3.14. The maximum atomic E-state index is 12.9. The molecule has 2 aromatic carbocycles. The van der Waals surface area contributed by atoms with Gasteiger partial charge in [-0.15, -0.1) is 0 Å². The Morgan fingerprint density at radius 1 is 0.931 bits per heavy atom. The number of carbonyl (C=O) groups is 3. The van der Waals surface area contributed by atoms with Gasteiger partial charge < -0.3 is 14.8 Å². The maximum Gasteiger partial charge on any atom is 0.339 e. The zero-order chi connectivity index (χ0) is 21.0. The zero-order valence-corrected chi connectivity index (χ0v) is 16.1. The molecule has 0 radical (unpaired) electrons. The molecule has 1 heterocycles. The molecule has 0 aliphatic rings. The Morgan fingerprint density at radius 2 is 1.62 bits per heavy atom. The molecule has 0 saturated carbocycles. The SMILES string of the molecule is COC(=O)c1ccc(C(=O)OC)c(NC(=O)c2cnn(-c3ccccc3)c2C)c1. The number of benzene rings is 2. The number of hydrogen-bond acceptors (Lipinski definition) is 6. The zero-order valence-electron chi connectivity index (χ0n) is 16.1. The number of methoxy groups -OCH3 is 2. The number of amides is 1. The van der Waals surface area contributed by atoms with Crippen molar-refractivity contribution < 1.29 is 23.9 Å². The van der Waals surface area contributed by atoms with Crippen molar-refractivity contribution in [2.24, 2.45) is 0 Å². The number of anilines is 1. The van der Waals surface area contributed by atoms with E-state index in [-0.39, 0.29) is 16.8 Å². The highest BCUT2D eigenvalue weighted by Crippen LogP contribution is 2.22. The highest BCUT2D eigenvalue weighted by atomic mass is 16.5. The van der Waals surface area contributed by atoms with E-state index in [0.717, 1.165) is 5.69 Å². The van der Waals surface area contributed by atoms with Gasteiger partial charge in [0.1, 0.15) is 0 Å². The van der Waals surface area contributed by atoms with Gasteiger partial charge in [0.15, 0.2) is 0 Å². The van der Waals surface area contributed by atoms with E-state index in [2.05, 4.69) is 10.4 Å². The summed E-state index contributed by atoms with van der Waals surface area (Å²) in [5.41, 5.74) is 2.20. The Bertz CT molecular complexity index is 1070.